The third kappa shape index (κ3) is 3.71. The molecule has 0 bridgehead atoms. The summed E-state index contributed by atoms with van der Waals surface area (Å²) in [6, 6.07) is 2.52. The predicted octanol–water partition coefficient (Wildman–Crippen LogP) is 4.15. The van der Waals surface area contributed by atoms with Crippen LogP contribution in [0.15, 0.2) is 18.2 Å². The Kier molecular flexibility index (Phi) is 5.14. The van der Waals surface area contributed by atoms with Crippen molar-refractivity contribution in [2.24, 2.45) is 5.92 Å². The predicted molar refractivity (Wildman–Crippen MR) is 65.6 cm³/mol. The summed E-state index contributed by atoms with van der Waals surface area (Å²) in [7, 11) is 0. The van der Waals surface area contributed by atoms with Crippen LogP contribution in [0.1, 0.15) is 37.8 Å². The van der Waals surface area contributed by atoms with Gasteiger partial charge in [0.05, 0.1) is 18.1 Å². The Bertz CT molecular complexity index is 481. The Balaban J connectivity index is 3.17. The van der Waals surface area contributed by atoms with E-state index in [-0.39, 0.29) is 18.1 Å². The second-order valence-corrected chi connectivity index (χ2v) is 4.71. The summed E-state index contributed by atoms with van der Waals surface area (Å²) in [6.07, 6.45) is -4.75. The van der Waals surface area contributed by atoms with Crippen molar-refractivity contribution in [2.75, 3.05) is 6.61 Å². The van der Waals surface area contributed by atoms with Crippen molar-refractivity contribution in [1.82, 2.24) is 0 Å². The summed E-state index contributed by atoms with van der Waals surface area (Å²) in [5.74, 6) is -2.96. The fraction of sp³-hybridized carbons (Fsp3) is 0.500. The van der Waals surface area contributed by atoms with Gasteiger partial charge in [-0.3, -0.25) is 4.79 Å². The van der Waals surface area contributed by atoms with Gasteiger partial charge in [-0.05, 0) is 30.5 Å². The van der Waals surface area contributed by atoms with Gasteiger partial charge >= 0.3 is 12.1 Å². The van der Waals surface area contributed by atoms with Crippen LogP contribution in [-0.4, -0.2) is 12.6 Å². The fourth-order valence-electron chi connectivity index (χ4n) is 1.98. The summed E-state index contributed by atoms with van der Waals surface area (Å²) in [5.41, 5.74) is -1.16. The minimum atomic E-state index is -4.75. The van der Waals surface area contributed by atoms with Crippen LogP contribution >= 0.6 is 0 Å². The van der Waals surface area contributed by atoms with Gasteiger partial charge in [0.15, 0.2) is 0 Å². The van der Waals surface area contributed by atoms with Crippen molar-refractivity contribution in [3.05, 3.63) is 35.1 Å². The molecule has 1 rings (SSSR count). The molecule has 0 amide bonds. The van der Waals surface area contributed by atoms with E-state index in [4.69, 9.17) is 4.74 Å². The molecular formula is C14H16F4O2. The summed E-state index contributed by atoms with van der Waals surface area (Å²) < 4.78 is 55.9. The van der Waals surface area contributed by atoms with Crippen LogP contribution in [-0.2, 0) is 15.7 Å². The van der Waals surface area contributed by atoms with Gasteiger partial charge in [-0.1, -0.05) is 19.9 Å². The lowest BCUT2D eigenvalue weighted by Gasteiger charge is -2.20. The lowest BCUT2D eigenvalue weighted by atomic mass is 9.88. The quantitative estimate of drug-likeness (QED) is 0.615. The molecule has 0 saturated carbocycles. The van der Waals surface area contributed by atoms with Gasteiger partial charge in [0.2, 0.25) is 0 Å². The maximum Gasteiger partial charge on any atom is 0.419 e. The zero-order valence-electron chi connectivity index (χ0n) is 11.4. The van der Waals surface area contributed by atoms with Gasteiger partial charge in [0.25, 0.3) is 0 Å². The summed E-state index contributed by atoms with van der Waals surface area (Å²) in [5, 5.41) is 0. The van der Waals surface area contributed by atoms with Crippen molar-refractivity contribution in [2.45, 2.75) is 32.9 Å². The van der Waals surface area contributed by atoms with Crippen molar-refractivity contribution in [3.63, 3.8) is 0 Å². The molecule has 0 fully saturated rings. The Hall–Kier alpha value is -1.59. The molecule has 2 nitrogen and oxygen atoms in total. The number of esters is 1. The SMILES string of the molecule is CCOC(=O)C(c1ccc(C(F)(F)F)c(F)c1)C(C)C. The molecule has 0 aliphatic rings. The second-order valence-electron chi connectivity index (χ2n) is 4.71. The number of benzene rings is 1. The second kappa shape index (κ2) is 6.24. The average molecular weight is 292 g/mol. The molecule has 1 atom stereocenters. The monoisotopic (exact) mass is 292 g/mol. The first-order valence-corrected chi connectivity index (χ1v) is 6.21. The highest BCUT2D eigenvalue weighted by Gasteiger charge is 2.35. The topological polar surface area (TPSA) is 26.3 Å². The fourth-order valence-corrected chi connectivity index (χ4v) is 1.98. The Morgan fingerprint density at radius 3 is 2.30 bits per heavy atom. The van der Waals surface area contributed by atoms with Crippen LogP contribution < -0.4 is 0 Å². The van der Waals surface area contributed by atoms with Gasteiger partial charge in [-0.25, -0.2) is 4.39 Å². The summed E-state index contributed by atoms with van der Waals surface area (Å²) >= 11 is 0. The Morgan fingerprint density at radius 2 is 1.90 bits per heavy atom. The Morgan fingerprint density at radius 1 is 1.30 bits per heavy atom. The van der Waals surface area contributed by atoms with Gasteiger partial charge < -0.3 is 4.74 Å². The van der Waals surface area contributed by atoms with Crippen LogP contribution in [0.25, 0.3) is 0 Å². The van der Waals surface area contributed by atoms with E-state index in [0.29, 0.717) is 6.07 Å². The van der Waals surface area contributed by atoms with Crippen LogP contribution in [0.4, 0.5) is 17.6 Å². The van der Waals surface area contributed by atoms with E-state index in [2.05, 4.69) is 0 Å². The van der Waals surface area contributed by atoms with E-state index in [0.717, 1.165) is 12.1 Å². The standard InChI is InChI=1S/C14H16F4O2/c1-4-20-13(19)12(8(2)3)9-5-6-10(11(15)7-9)14(16,17)18/h5-8,12H,4H2,1-3H3. The molecule has 20 heavy (non-hydrogen) atoms. The molecule has 1 aromatic rings. The van der Waals surface area contributed by atoms with Crippen LogP contribution in [0.2, 0.25) is 0 Å². The maximum atomic E-state index is 13.5. The maximum absolute atomic E-state index is 13.5. The third-order valence-corrected chi connectivity index (χ3v) is 2.86. The minimum absolute atomic E-state index is 0.158. The number of rotatable bonds is 4. The van der Waals surface area contributed by atoms with E-state index < -0.39 is 29.4 Å². The molecule has 6 heteroatoms. The number of hydrogen-bond acceptors (Lipinski definition) is 2. The first kappa shape index (κ1) is 16.5. The molecule has 0 radical (unpaired) electrons. The van der Waals surface area contributed by atoms with Gasteiger partial charge in [-0.2, -0.15) is 13.2 Å². The minimum Gasteiger partial charge on any atom is -0.466 e. The van der Waals surface area contributed by atoms with Crippen LogP contribution in [0.3, 0.4) is 0 Å². The normalized spacial score (nSPS) is 13.4. The molecule has 0 N–H and O–H groups in total. The van der Waals surface area contributed by atoms with Crippen molar-refractivity contribution >= 4 is 5.97 Å². The first-order chi connectivity index (χ1) is 9.18. The van der Waals surface area contributed by atoms with Gasteiger partial charge in [0, 0.05) is 0 Å². The van der Waals surface area contributed by atoms with E-state index in [1.165, 1.54) is 0 Å². The number of carbonyl (C=O) groups excluding carboxylic acids is 1. The van der Waals surface area contributed by atoms with E-state index in [1.807, 2.05) is 0 Å². The molecule has 0 aliphatic heterocycles. The lowest BCUT2D eigenvalue weighted by Crippen LogP contribution is -2.21. The van der Waals surface area contributed by atoms with Crippen molar-refractivity contribution in [3.8, 4) is 0 Å². The Labute approximate surface area is 114 Å². The lowest BCUT2D eigenvalue weighted by molar-refractivity contribution is -0.146. The molecule has 1 unspecified atom stereocenters. The number of halogens is 4. The van der Waals surface area contributed by atoms with E-state index >= 15 is 0 Å². The average Bonchev–Trinajstić information content (AvgIpc) is 2.27. The highest BCUT2D eigenvalue weighted by molar-refractivity contribution is 5.78. The highest BCUT2D eigenvalue weighted by atomic mass is 19.4. The number of carbonyl (C=O) groups is 1. The molecule has 0 heterocycles. The summed E-state index contributed by atoms with van der Waals surface area (Å²) in [4.78, 5) is 11.8. The number of alkyl halides is 3. The highest BCUT2D eigenvalue weighted by Crippen LogP contribution is 2.34. The van der Waals surface area contributed by atoms with Gasteiger partial charge in [0.1, 0.15) is 5.82 Å². The molecule has 112 valence electrons. The summed E-state index contributed by atoms with van der Waals surface area (Å²) in [6.45, 7) is 5.22. The molecule has 0 aliphatic carbocycles. The zero-order valence-corrected chi connectivity index (χ0v) is 11.4. The molecule has 0 spiro atoms. The van der Waals surface area contributed by atoms with Crippen LogP contribution in [0, 0.1) is 11.7 Å². The van der Waals surface area contributed by atoms with Crippen molar-refractivity contribution < 1.29 is 27.1 Å². The molecule has 1 aromatic carbocycles. The van der Waals surface area contributed by atoms with Crippen molar-refractivity contribution in [1.29, 1.82) is 0 Å². The zero-order chi connectivity index (χ0) is 15.5. The largest absolute Gasteiger partial charge is 0.466 e. The number of ether oxygens (including phenoxy) is 1. The van der Waals surface area contributed by atoms with Crippen LogP contribution in [0.5, 0.6) is 0 Å². The third-order valence-electron chi connectivity index (χ3n) is 2.86. The molecular weight excluding hydrogens is 276 g/mol. The first-order valence-electron chi connectivity index (χ1n) is 6.21. The molecule has 0 saturated heterocycles. The molecule has 0 aromatic heterocycles. The number of hydrogen-bond donors (Lipinski definition) is 0. The van der Waals surface area contributed by atoms with Gasteiger partial charge in [-0.15, -0.1) is 0 Å². The van der Waals surface area contributed by atoms with E-state index in [9.17, 15) is 22.4 Å². The van der Waals surface area contributed by atoms with E-state index in [1.54, 1.807) is 20.8 Å². The smallest absolute Gasteiger partial charge is 0.419 e.